The number of aromatic nitrogens is 3. The van der Waals surface area contributed by atoms with E-state index in [9.17, 15) is 13.2 Å². The second kappa shape index (κ2) is 6.93. The van der Waals surface area contributed by atoms with E-state index in [1.807, 2.05) is 13.8 Å². The Kier molecular flexibility index (Phi) is 5.81. The van der Waals surface area contributed by atoms with E-state index in [0.29, 0.717) is 16.9 Å². The number of amides is 1. The van der Waals surface area contributed by atoms with Crippen LogP contribution in [-0.4, -0.2) is 46.3 Å². The molecule has 20 heavy (non-hydrogen) atoms. The van der Waals surface area contributed by atoms with Crippen LogP contribution in [0.25, 0.3) is 0 Å². The number of primary amides is 1. The SMILES string of the molecule is CC(C)n1c(N)nnc1SCCS(=O)(=O)CCC(N)=O. The van der Waals surface area contributed by atoms with Crippen LogP contribution in [0.15, 0.2) is 5.16 Å². The zero-order valence-corrected chi connectivity index (χ0v) is 13.1. The van der Waals surface area contributed by atoms with Crippen LogP contribution in [0.4, 0.5) is 5.95 Å². The van der Waals surface area contributed by atoms with E-state index in [4.69, 9.17) is 11.5 Å². The summed E-state index contributed by atoms with van der Waals surface area (Å²) in [7, 11) is -3.28. The Morgan fingerprint density at radius 1 is 1.35 bits per heavy atom. The van der Waals surface area contributed by atoms with Gasteiger partial charge >= 0.3 is 0 Å². The highest BCUT2D eigenvalue weighted by molar-refractivity contribution is 8.00. The summed E-state index contributed by atoms with van der Waals surface area (Å²) >= 11 is 1.27. The summed E-state index contributed by atoms with van der Waals surface area (Å²) in [6.45, 7) is 3.88. The van der Waals surface area contributed by atoms with Crippen LogP contribution >= 0.6 is 11.8 Å². The number of nitrogens with two attached hydrogens (primary N) is 2. The van der Waals surface area contributed by atoms with Gasteiger partial charge in [-0.25, -0.2) is 8.42 Å². The Bertz CT molecular complexity index is 567. The fourth-order valence-corrected chi connectivity index (χ4v) is 4.28. The molecule has 1 aromatic heterocycles. The zero-order chi connectivity index (χ0) is 15.3. The topological polar surface area (TPSA) is 134 Å². The Balaban J connectivity index is 2.55. The molecule has 1 heterocycles. The van der Waals surface area contributed by atoms with Gasteiger partial charge in [-0.1, -0.05) is 11.8 Å². The van der Waals surface area contributed by atoms with E-state index in [1.54, 1.807) is 4.57 Å². The van der Waals surface area contributed by atoms with E-state index in [2.05, 4.69) is 10.2 Å². The minimum absolute atomic E-state index is 0.0458. The van der Waals surface area contributed by atoms with Crippen molar-refractivity contribution in [1.29, 1.82) is 0 Å². The minimum Gasteiger partial charge on any atom is -0.370 e. The van der Waals surface area contributed by atoms with Crippen LogP contribution in [0.3, 0.4) is 0 Å². The smallest absolute Gasteiger partial charge is 0.222 e. The molecule has 4 N–H and O–H groups in total. The highest BCUT2D eigenvalue weighted by Gasteiger charge is 2.16. The minimum atomic E-state index is -3.28. The number of rotatable bonds is 8. The molecule has 0 saturated heterocycles. The monoisotopic (exact) mass is 321 g/mol. The van der Waals surface area contributed by atoms with Gasteiger partial charge in [0, 0.05) is 18.2 Å². The quantitative estimate of drug-likeness (QED) is 0.634. The Hall–Kier alpha value is -1.29. The van der Waals surface area contributed by atoms with Crippen LogP contribution < -0.4 is 11.5 Å². The van der Waals surface area contributed by atoms with Gasteiger partial charge in [-0.05, 0) is 13.8 Å². The molecule has 0 atom stereocenters. The predicted octanol–water partition coefficient (Wildman–Crippen LogP) is -0.176. The third kappa shape index (κ3) is 5.00. The first-order valence-electron chi connectivity index (χ1n) is 6.05. The highest BCUT2D eigenvalue weighted by Crippen LogP contribution is 2.22. The Morgan fingerprint density at radius 2 is 2.00 bits per heavy atom. The van der Waals surface area contributed by atoms with Crippen molar-refractivity contribution in [2.24, 2.45) is 5.73 Å². The van der Waals surface area contributed by atoms with E-state index in [1.165, 1.54) is 11.8 Å². The Morgan fingerprint density at radius 3 is 2.55 bits per heavy atom. The standard InChI is InChI=1S/C10H19N5O3S2/c1-7(2)15-9(12)13-14-10(15)19-4-6-20(17,18)5-3-8(11)16/h7H,3-6H2,1-2H3,(H2,11,16)(H2,12,13). The van der Waals surface area contributed by atoms with Gasteiger partial charge in [-0.2, -0.15) is 0 Å². The third-order valence-corrected chi connectivity index (χ3v) is 5.35. The van der Waals surface area contributed by atoms with Gasteiger partial charge in [0.25, 0.3) is 0 Å². The van der Waals surface area contributed by atoms with E-state index in [-0.39, 0.29) is 24.0 Å². The molecule has 0 aliphatic carbocycles. The summed E-state index contributed by atoms with van der Waals surface area (Å²) in [5, 5.41) is 8.27. The average molecular weight is 321 g/mol. The molecule has 0 aromatic carbocycles. The highest BCUT2D eigenvalue weighted by atomic mass is 32.2. The molecule has 1 aromatic rings. The molecule has 0 fully saturated rings. The van der Waals surface area contributed by atoms with Gasteiger partial charge in [0.2, 0.25) is 11.9 Å². The van der Waals surface area contributed by atoms with E-state index >= 15 is 0 Å². The summed E-state index contributed by atoms with van der Waals surface area (Å²) in [6.07, 6.45) is -0.151. The third-order valence-electron chi connectivity index (χ3n) is 2.49. The van der Waals surface area contributed by atoms with Crippen LogP contribution in [-0.2, 0) is 14.6 Å². The number of carbonyl (C=O) groups excluding carboxylic acids is 1. The normalized spacial score (nSPS) is 11.9. The fourth-order valence-electron chi connectivity index (χ4n) is 1.49. The number of anilines is 1. The number of sulfone groups is 1. The maximum atomic E-state index is 11.7. The zero-order valence-electron chi connectivity index (χ0n) is 11.4. The molecule has 0 radical (unpaired) electrons. The molecule has 8 nitrogen and oxygen atoms in total. The molecule has 10 heteroatoms. The molecule has 0 unspecified atom stereocenters. The largest absolute Gasteiger partial charge is 0.370 e. The van der Waals surface area contributed by atoms with Gasteiger partial charge in [0.15, 0.2) is 15.0 Å². The average Bonchev–Trinajstić information content (AvgIpc) is 2.68. The molecule has 0 saturated carbocycles. The molecule has 0 aliphatic rings. The molecular weight excluding hydrogens is 302 g/mol. The van der Waals surface area contributed by atoms with E-state index < -0.39 is 15.7 Å². The second-order valence-corrected chi connectivity index (χ2v) is 7.89. The lowest BCUT2D eigenvalue weighted by atomic mass is 10.4. The summed E-state index contributed by atoms with van der Waals surface area (Å²) in [5.41, 5.74) is 10.6. The fraction of sp³-hybridized carbons (Fsp3) is 0.700. The van der Waals surface area contributed by atoms with Crippen molar-refractivity contribution >= 4 is 33.5 Å². The van der Waals surface area contributed by atoms with Crippen molar-refractivity contribution in [3.05, 3.63) is 0 Å². The van der Waals surface area contributed by atoms with E-state index in [0.717, 1.165) is 0 Å². The number of nitrogens with zero attached hydrogens (tertiary/aromatic N) is 3. The first kappa shape index (κ1) is 16.8. The number of hydrogen-bond acceptors (Lipinski definition) is 7. The van der Waals surface area contributed by atoms with Crippen LogP contribution in [0.2, 0.25) is 0 Å². The first-order valence-corrected chi connectivity index (χ1v) is 8.85. The van der Waals surface area contributed by atoms with Crippen molar-refractivity contribution in [1.82, 2.24) is 14.8 Å². The first-order chi connectivity index (χ1) is 9.23. The second-order valence-electron chi connectivity index (χ2n) is 4.52. The Labute approximate surface area is 122 Å². The van der Waals surface area contributed by atoms with Crippen LogP contribution in [0, 0.1) is 0 Å². The van der Waals surface area contributed by atoms with Gasteiger partial charge in [0.05, 0.1) is 11.5 Å². The van der Waals surface area contributed by atoms with Crippen molar-refractivity contribution in [2.45, 2.75) is 31.5 Å². The van der Waals surface area contributed by atoms with Crippen LogP contribution in [0.1, 0.15) is 26.3 Å². The molecule has 0 bridgehead atoms. The predicted molar refractivity (Wildman–Crippen MR) is 78.0 cm³/mol. The number of thioether (sulfide) groups is 1. The summed E-state index contributed by atoms with van der Waals surface area (Å²) in [5.74, 6) is -0.253. The number of carbonyl (C=O) groups is 1. The molecule has 0 spiro atoms. The molecular formula is C10H19N5O3S2. The van der Waals surface area contributed by atoms with Gasteiger partial charge in [-0.15, -0.1) is 10.2 Å². The lowest BCUT2D eigenvalue weighted by molar-refractivity contribution is -0.117. The summed E-state index contributed by atoms with van der Waals surface area (Å²) < 4.78 is 25.1. The summed E-state index contributed by atoms with van der Waals surface area (Å²) in [6, 6.07) is 0.0963. The van der Waals surface area contributed by atoms with Crippen molar-refractivity contribution in [3.63, 3.8) is 0 Å². The molecule has 0 aliphatic heterocycles. The van der Waals surface area contributed by atoms with Crippen molar-refractivity contribution in [2.75, 3.05) is 23.0 Å². The van der Waals surface area contributed by atoms with Crippen molar-refractivity contribution in [3.8, 4) is 0 Å². The van der Waals surface area contributed by atoms with Crippen LogP contribution in [0.5, 0.6) is 0 Å². The summed E-state index contributed by atoms with van der Waals surface area (Å²) in [4.78, 5) is 10.6. The molecule has 1 rings (SSSR count). The van der Waals surface area contributed by atoms with Gasteiger partial charge in [0.1, 0.15) is 0 Å². The maximum Gasteiger partial charge on any atom is 0.222 e. The number of nitrogen functional groups attached to an aromatic ring is 1. The van der Waals surface area contributed by atoms with Crippen molar-refractivity contribution < 1.29 is 13.2 Å². The number of hydrogen-bond donors (Lipinski definition) is 2. The maximum absolute atomic E-state index is 11.7. The lowest BCUT2D eigenvalue weighted by Crippen LogP contribution is -2.20. The van der Waals surface area contributed by atoms with Gasteiger partial charge in [-0.3, -0.25) is 9.36 Å². The molecule has 1 amide bonds. The van der Waals surface area contributed by atoms with Gasteiger partial charge < -0.3 is 11.5 Å². The lowest BCUT2D eigenvalue weighted by Gasteiger charge is -2.11. The molecule has 114 valence electrons.